The fourth-order valence-corrected chi connectivity index (χ4v) is 1.84. The van der Waals surface area contributed by atoms with Crippen molar-refractivity contribution >= 4 is 16.7 Å². The Morgan fingerprint density at radius 3 is 2.83 bits per heavy atom. The number of anilines is 1. The lowest BCUT2D eigenvalue weighted by Gasteiger charge is -2.10. The average molecular weight is 271 g/mol. The molecule has 0 aliphatic heterocycles. The summed E-state index contributed by atoms with van der Waals surface area (Å²) < 4.78 is 16.6. The SMILES string of the molecule is CCOc1cc(C)nc(NCCC(C)S(C)=O)n1. The highest BCUT2D eigenvalue weighted by molar-refractivity contribution is 7.84. The van der Waals surface area contributed by atoms with Crippen molar-refractivity contribution in [2.75, 3.05) is 24.7 Å². The molecule has 0 saturated carbocycles. The molecule has 0 aliphatic rings. The van der Waals surface area contributed by atoms with Gasteiger partial charge in [-0.15, -0.1) is 0 Å². The maximum Gasteiger partial charge on any atom is 0.226 e. The summed E-state index contributed by atoms with van der Waals surface area (Å²) in [6.07, 6.45) is 2.55. The number of aromatic nitrogens is 2. The van der Waals surface area contributed by atoms with Crippen molar-refractivity contribution in [3.05, 3.63) is 11.8 Å². The molecule has 0 spiro atoms. The van der Waals surface area contributed by atoms with Crippen LogP contribution in [0.25, 0.3) is 0 Å². The Balaban J connectivity index is 2.53. The minimum atomic E-state index is -0.786. The van der Waals surface area contributed by atoms with Gasteiger partial charge in [0.25, 0.3) is 0 Å². The van der Waals surface area contributed by atoms with Crippen LogP contribution in [-0.2, 0) is 10.8 Å². The molecule has 0 saturated heterocycles. The van der Waals surface area contributed by atoms with Gasteiger partial charge in [0.1, 0.15) is 0 Å². The van der Waals surface area contributed by atoms with Gasteiger partial charge in [0.05, 0.1) is 6.61 Å². The molecule has 2 unspecified atom stereocenters. The van der Waals surface area contributed by atoms with Gasteiger partial charge in [-0.1, -0.05) is 6.92 Å². The number of hydrogen-bond acceptors (Lipinski definition) is 5. The summed E-state index contributed by atoms with van der Waals surface area (Å²) in [5, 5.41) is 3.31. The zero-order valence-electron chi connectivity index (χ0n) is 11.4. The maximum absolute atomic E-state index is 11.2. The van der Waals surface area contributed by atoms with E-state index < -0.39 is 10.8 Å². The van der Waals surface area contributed by atoms with Gasteiger partial charge < -0.3 is 10.1 Å². The van der Waals surface area contributed by atoms with Crippen LogP contribution in [0.4, 0.5) is 5.95 Å². The van der Waals surface area contributed by atoms with Gasteiger partial charge >= 0.3 is 0 Å². The first-order valence-electron chi connectivity index (χ1n) is 6.07. The van der Waals surface area contributed by atoms with Crippen LogP contribution >= 0.6 is 0 Å². The standard InChI is InChI=1S/C12H21N3O2S/c1-5-17-11-8-9(2)14-12(15-11)13-7-6-10(3)18(4)16/h8,10H,5-7H2,1-4H3,(H,13,14,15). The first-order chi connectivity index (χ1) is 8.52. The lowest BCUT2D eigenvalue weighted by atomic mass is 10.3. The number of ether oxygens (including phenoxy) is 1. The van der Waals surface area contributed by atoms with E-state index in [1.165, 1.54) is 0 Å². The average Bonchev–Trinajstić information content (AvgIpc) is 2.28. The third kappa shape index (κ3) is 5.00. The quantitative estimate of drug-likeness (QED) is 0.818. The molecular formula is C12H21N3O2S. The highest BCUT2D eigenvalue weighted by Crippen LogP contribution is 2.12. The van der Waals surface area contributed by atoms with Crippen LogP contribution in [0.5, 0.6) is 5.88 Å². The Bertz CT molecular complexity index is 412. The topological polar surface area (TPSA) is 64.1 Å². The molecule has 1 aromatic heterocycles. The molecule has 0 fully saturated rings. The molecule has 5 nitrogen and oxygen atoms in total. The highest BCUT2D eigenvalue weighted by Gasteiger charge is 2.07. The largest absolute Gasteiger partial charge is 0.478 e. The molecule has 2 atom stereocenters. The van der Waals surface area contributed by atoms with E-state index in [2.05, 4.69) is 15.3 Å². The van der Waals surface area contributed by atoms with E-state index in [-0.39, 0.29) is 5.25 Å². The lowest BCUT2D eigenvalue weighted by molar-refractivity contribution is 0.326. The predicted molar refractivity (Wildman–Crippen MR) is 74.6 cm³/mol. The Hall–Kier alpha value is -1.17. The fraction of sp³-hybridized carbons (Fsp3) is 0.667. The zero-order chi connectivity index (χ0) is 13.5. The van der Waals surface area contributed by atoms with Gasteiger partial charge in [-0.05, 0) is 20.3 Å². The number of rotatable bonds is 7. The van der Waals surface area contributed by atoms with Crippen LogP contribution in [0.2, 0.25) is 0 Å². The van der Waals surface area contributed by atoms with Crippen LogP contribution in [0, 0.1) is 6.92 Å². The van der Waals surface area contributed by atoms with E-state index >= 15 is 0 Å². The van der Waals surface area contributed by atoms with Crippen molar-refractivity contribution in [3.8, 4) is 5.88 Å². The third-order valence-electron chi connectivity index (χ3n) is 2.52. The molecule has 102 valence electrons. The minimum Gasteiger partial charge on any atom is -0.478 e. The van der Waals surface area contributed by atoms with Crippen LogP contribution in [-0.4, -0.2) is 38.8 Å². The van der Waals surface area contributed by atoms with E-state index in [0.29, 0.717) is 25.0 Å². The van der Waals surface area contributed by atoms with Crippen molar-refractivity contribution in [3.63, 3.8) is 0 Å². The Kier molecular flexibility index (Phi) is 6.04. The molecule has 1 heterocycles. The monoisotopic (exact) mass is 271 g/mol. The molecular weight excluding hydrogens is 250 g/mol. The van der Waals surface area contributed by atoms with Gasteiger partial charge in [0, 0.05) is 40.6 Å². The second kappa shape index (κ2) is 7.31. The summed E-state index contributed by atoms with van der Waals surface area (Å²) in [4.78, 5) is 8.52. The Morgan fingerprint density at radius 1 is 1.50 bits per heavy atom. The van der Waals surface area contributed by atoms with Gasteiger partial charge in [-0.3, -0.25) is 4.21 Å². The molecule has 0 bridgehead atoms. The van der Waals surface area contributed by atoms with Crippen molar-refractivity contribution in [1.82, 2.24) is 9.97 Å². The zero-order valence-corrected chi connectivity index (χ0v) is 12.2. The Labute approximate surface area is 111 Å². The summed E-state index contributed by atoms with van der Waals surface area (Å²) in [6.45, 7) is 7.08. The van der Waals surface area contributed by atoms with E-state index in [0.717, 1.165) is 12.1 Å². The van der Waals surface area contributed by atoms with Gasteiger partial charge in [0.2, 0.25) is 11.8 Å². The molecule has 1 aromatic rings. The predicted octanol–water partition coefficient (Wildman–Crippen LogP) is 1.75. The third-order valence-corrected chi connectivity index (χ3v) is 3.89. The molecule has 18 heavy (non-hydrogen) atoms. The fourth-order valence-electron chi connectivity index (χ4n) is 1.39. The van der Waals surface area contributed by atoms with Crippen LogP contribution in [0.1, 0.15) is 26.0 Å². The normalized spacial score (nSPS) is 14.0. The van der Waals surface area contributed by atoms with Crippen molar-refractivity contribution < 1.29 is 8.95 Å². The van der Waals surface area contributed by atoms with E-state index in [1.54, 1.807) is 12.3 Å². The summed E-state index contributed by atoms with van der Waals surface area (Å²) in [5.74, 6) is 1.15. The minimum absolute atomic E-state index is 0.175. The number of nitrogens with one attached hydrogen (secondary N) is 1. The number of nitrogens with zero attached hydrogens (tertiary/aromatic N) is 2. The molecule has 0 radical (unpaired) electrons. The second-order valence-electron chi connectivity index (χ2n) is 4.13. The molecule has 6 heteroatoms. The summed E-state index contributed by atoms with van der Waals surface area (Å²) in [7, 11) is -0.786. The first-order valence-corrected chi connectivity index (χ1v) is 7.69. The molecule has 0 aromatic carbocycles. The van der Waals surface area contributed by atoms with Crippen LogP contribution in [0.15, 0.2) is 6.07 Å². The molecule has 0 amide bonds. The smallest absolute Gasteiger partial charge is 0.226 e. The lowest BCUT2D eigenvalue weighted by Crippen LogP contribution is -2.16. The van der Waals surface area contributed by atoms with E-state index in [1.807, 2.05) is 20.8 Å². The Morgan fingerprint density at radius 2 is 2.22 bits per heavy atom. The van der Waals surface area contributed by atoms with Crippen molar-refractivity contribution in [2.45, 2.75) is 32.4 Å². The second-order valence-corrected chi connectivity index (χ2v) is 5.93. The number of aryl methyl sites for hydroxylation is 1. The van der Waals surface area contributed by atoms with Crippen LogP contribution < -0.4 is 10.1 Å². The van der Waals surface area contributed by atoms with Gasteiger partial charge in [-0.25, -0.2) is 4.98 Å². The maximum atomic E-state index is 11.2. The summed E-state index contributed by atoms with van der Waals surface area (Å²) in [5.41, 5.74) is 0.864. The molecule has 1 N–H and O–H groups in total. The molecule has 0 aliphatic carbocycles. The molecule has 1 rings (SSSR count). The van der Waals surface area contributed by atoms with Gasteiger partial charge in [0.15, 0.2) is 0 Å². The number of hydrogen-bond donors (Lipinski definition) is 1. The summed E-state index contributed by atoms with van der Waals surface area (Å²) in [6, 6.07) is 1.80. The summed E-state index contributed by atoms with van der Waals surface area (Å²) >= 11 is 0. The van der Waals surface area contributed by atoms with Crippen LogP contribution in [0.3, 0.4) is 0 Å². The van der Waals surface area contributed by atoms with Crippen molar-refractivity contribution in [2.24, 2.45) is 0 Å². The van der Waals surface area contributed by atoms with Crippen molar-refractivity contribution in [1.29, 1.82) is 0 Å². The first kappa shape index (κ1) is 14.9. The van der Waals surface area contributed by atoms with E-state index in [9.17, 15) is 4.21 Å². The highest BCUT2D eigenvalue weighted by atomic mass is 32.2. The van der Waals surface area contributed by atoms with Gasteiger partial charge in [-0.2, -0.15) is 4.98 Å². The van der Waals surface area contributed by atoms with E-state index in [4.69, 9.17) is 4.74 Å².